The van der Waals surface area contributed by atoms with Gasteiger partial charge in [-0.25, -0.2) is 22.9 Å². The highest BCUT2D eigenvalue weighted by molar-refractivity contribution is 7.22. The van der Waals surface area contributed by atoms with Gasteiger partial charge in [-0.05, 0) is 33.7 Å². The largest absolute Gasteiger partial charge is 0.452 e. The topological polar surface area (TPSA) is 68.3 Å². The van der Waals surface area contributed by atoms with E-state index in [4.69, 9.17) is 4.74 Å². The number of thiazole rings is 1. The van der Waals surface area contributed by atoms with Gasteiger partial charge in [0.15, 0.2) is 29.2 Å². The molecule has 0 atom stereocenters. The van der Waals surface area contributed by atoms with Crippen molar-refractivity contribution in [3.8, 4) is 0 Å². The highest BCUT2D eigenvalue weighted by Gasteiger charge is 2.20. The Morgan fingerprint density at radius 2 is 1.55 bits per heavy atom. The first kappa shape index (κ1) is 20.9. The van der Waals surface area contributed by atoms with Crippen molar-refractivity contribution in [2.45, 2.75) is 0 Å². The molecule has 0 spiro atoms. The predicted molar refractivity (Wildman–Crippen MR) is 120 cm³/mol. The Labute approximate surface area is 188 Å². The van der Waals surface area contributed by atoms with E-state index >= 15 is 0 Å². The zero-order chi connectivity index (χ0) is 23.1. The number of rotatable bonds is 4. The first-order valence-electron chi connectivity index (χ1n) is 9.74. The first-order valence-corrected chi connectivity index (χ1v) is 10.6. The molecule has 0 radical (unpaired) electrons. The molecular weight excluding hydrogens is 453 g/mol. The molecule has 0 aliphatic rings. The number of ether oxygens (including phenoxy) is 1. The molecule has 0 unspecified atom stereocenters. The molecule has 0 saturated heterocycles. The molecule has 5 nitrogen and oxygen atoms in total. The van der Waals surface area contributed by atoms with E-state index in [-0.39, 0.29) is 9.83 Å². The number of halogens is 3. The van der Waals surface area contributed by atoms with Crippen molar-refractivity contribution in [1.82, 2.24) is 4.98 Å². The lowest BCUT2D eigenvalue weighted by molar-refractivity contribution is -0.119. The van der Waals surface area contributed by atoms with Crippen molar-refractivity contribution < 1.29 is 27.5 Å². The number of hydrogen-bond donors (Lipinski definition) is 1. The van der Waals surface area contributed by atoms with Crippen LogP contribution < -0.4 is 5.32 Å². The maximum Gasteiger partial charge on any atom is 0.339 e. The highest BCUT2D eigenvalue weighted by Crippen LogP contribution is 2.31. The molecule has 4 aromatic carbocycles. The van der Waals surface area contributed by atoms with Crippen LogP contribution in [0.25, 0.3) is 31.8 Å². The average molecular weight is 466 g/mol. The van der Waals surface area contributed by atoms with Gasteiger partial charge in [0.2, 0.25) is 0 Å². The Bertz CT molecular complexity index is 1530. The number of nitrogens with one attached hydrogen (secondary N) is 1. The van der Waals surface area contributed by atoms with E-state index in [1.165, 1.54) is 0 Å². The molecule has 1 N–H and O–H groups in total. The lowest BCUT2D eigenvalue weighted by Crippen LogP contribution is -2.21. The summed E-state index contributed by atoms with van der Waals surface area (Å²) >= 11 is 0.767. The minimum absolute atomic E-state index is 0.0286. The summed E-state index contributed by atoms with van der Waals surface area (Å²) in [6.45, 7) is -0.627. The van der Waals surface area contributed by atoms with Gasteiger partial charge >= 0.3 is 5.97 Å². The van der Waals surface area contributed by atoms with Crippen LogP contribution >= 0.6 is 11.3 Å². The first-order chi connectivity index (χ1) is 15.9. The van der Waals surface area contributed by atoms with Gasteiger partial charge in [-0.2, -0.15) is 0 Å². The van der Waals surface area contributed by atoms with Crippen molar-refractivity contribution in [2.75, 3.05) is 11.9 Å². The molecule has 33 heavy (non-hydrogen) atoms. The van der Waals surface area contributed by atoms with Crippen molar-refractivity contribution in [2.24, 2.45) is 0 Å². The van der Waals surface area contributed by atoms with Gasteiger partial charge in [0.25, 0.3) is 5.91 Å². The van der Waals surface area contributed by atoms with E-state index in [0.717, 1.165) is 28.2 Å². The van der Waals surface area contributed by atoms with Crippen LogP contribution in [0.2, 0.25) is 0 Å². The Morgan fingerprint density at radius 3 is 2.21 bits per heavy atom. The van der Waals surface area contributed by atoms with Crippen LogP contribution in [0.15, 0.2) is 60.7 Å². The van der Waals surface area contributed by atoms with Gasteiger partial charge in [-0.1, -0.05) is 59.9 Å². The molecule has 1 aromatic heterocycles. The van der Waals surface area contributed by atoms with Crippen LogP contribution in [0, 0.1) is 17.5 Å². The van der Waals surface area contributed by atoms with Gasteiger partial charge in [0.1, 0.15) is 5.52 Å². The number of amides is 1. The van der Waals surface area contributed by atoms with Crippen LogP contribution in [-0.2, 0) is 9.53 Å². The summed E-state index contributed by atoms with van der Waals surface area (Å²) in [6, 6.07) is 17.4. The predicted octanol–water partition coefficient (Wildman–Crippen LogP) is 5.82. The Balaban J connectivity index is 1.37. The van der Waals surface area contributed by atoms with Crippen LogP contribution in [0.4, 0.5) is 18.3 Å². The van der Waals surface area contributed by atoms with Gasteiger partial charge in [-0.3, -0.25) is 10.1 Å². The SMILES string of the molecule is O=C(COC(=O)c1c2ccccc2cc2ccccc12)Nc1nc2c(F)c(F)c(F)cc2s1. The average Bonchev–Trinajstić information content (AvgIpc) is 3.21. The van der Waals surface area contributed by atoms with Gasteiger partial charge < -0.3 is 4.74 Å². The normalized spacial score (nSPS) is 11.2. The summed E-state index contributed by atoms with van der Waals surface area (Å²) in [4.78, 5) is 29.0. The number of aromatic nitrogens is 1. The number of anilines is 1. The molecule has 164 valence electrons. The number of hydrogen-bond acceptors (Lipinski definition) is 5. The zero-order valence-corrected chi connectivity index (χ0v) is 17.5. The Morgan fingerprint density at radius 1 is 0.909 bits per heavy atom. The number of esters is 1. The van der Waals surface area contributed by atoms with E-state index in [1.807, 2.05) is 30.3 Å². The number of carbonyl (C=O) groups is 2. The van der Waals surface area contributed by atoms with E-state index in [9.17, 15) is 22.8 Å². The minimum Gasteiger partial charge on any atom is -0.452 e. The van der Waals surface area contributed by atoms with Crippen molar-refractivity contribution in [3.05, 3.63) is 83.7 Å². The van der Waals surface area contributed by atoms with Crippen molar-refractivity contribution in [1.29, 1.82) is 0 Å². The number of carbonyl (C=O) groups excluding carboxylic acids is 2. The smallest absolute Gasteiger partial charge is 0.339 e. The van der Waals surface area contributed by atoms with Crippen molar-refractivity contribution >= 4 is 60.1 Å². The molecular formula is C24H13F3N2O3S. The quantitative estimate of drug-likeness (QED) is 0.206. The molecule has 0 aliphatic heterocycles. The maximum absolute atomic E-state index is 13.9. The van der Waals surface area contributed by atoms with Crippen LogP contribution in [0.1, 0.15) is 10.4 Å². The van der Waals surface area contributed by atoms with Gasteiger partial charge in [0.05, 0.1) is 10.3 Å². The number of nitrogens with zero attached hydrogens (tertiary/aromatic N) is 1. The summed E-state index contributed by atoms with van der Waals surface area (Å²) in [5, 5.41) is 5.36. The monoisotopic (exact) mass is 466 g/mol. The second-order valence-electron chi connectivity index (χ2n) is 7.17. The van der Waals surface area contributed by atoms with Crippen molar-refractivity contribution in [3.63, 3.8) is 0 Å². The number of fused-ring (bicyclic) bond motifs is 3. The molecule has 0 aliphatic carbocycles. The van der Waals surface area contributed by atoms with Crippen LogP contribution in [0.5, 0.6) is 0 Å². The highest BCUT2D eigenvalue weighted by atomic mass is 32.1. The minimum atomic E-state index is -1.64. The summed E-state index contributed by atoms with van der Waals surface area (Å²) in [5.74, 6) is -5.83. The molecule has 0 saturated carbocycles. The van der Waals surface area contributed by atoms with E-state index in [1.54, 1.807) is 24.3 Å². The van der Waals surface area contributed by atoms with E-state index < -0.39 is 41.5 Å². The molecule has 9 heteroatoms. The fraction of sp³-hybridized carbons (Fsp3) is 0.0417. The standard InChI is InChI=1S/C24H13F3N2O3S/c25-16-10-17-22(21(27)20(16)26)29-24(33-17)28-18(30)11-32-23(31)19-14-7-3-1-5-12(14)9-13-6-2-4-8-15(13)19/h1-10H,11H2,(H,28,29,30). The van der Waals surface area contributed by atoms with Gasteiger partial charge in [-0.15, -0.1) is 0 Å². The van der Waals surface area contributed by atoms with Crippen LogP contribution in [-0.4, -0.2) is 23.5 Å². The van der Waals surface area contributed by atoms with E-state index in [0.29, 0.717) is 16.3 Å². The zero-order valence-electron chi connectivity index (χ0n) is 16.7. The molecule has 1 heterocycles. The summed E-state index contributed by atoms with van der Waals surface area (Å²) in [6.07, 6.45) is 0. The number of benzene rings is 4. The second kappa shape index (κ2) is 8.18. The maximum atomic E-state index is 13.9. The summed E-state index contributed by atoms with van der Waals surface area (Å²) < 4.78 is 45.9. The molecule has 0 bridgehead atoms. The fourth-order valence-electron chi connectivity index (χ4n) is 3.62. The Hall–Kier alpha value is -3.98. The second-order valence-corrected chi connectivity index (χ2v) is 8.20. The lowest BCUT2D eigenvalue weighted by Gasteiger charge is -2.11. The summed E-state index contributed by atoms with van der Waals surface area (Å²) in [5.41, 5.74) is -0.0575. The molecule has 5 rings (SSSR count). The third-order valence-electron chi connectivity index (χ3n) is 5.08. The Kier molecular flexibility index (Phi) is 5.18. The third kappa shape index (κ3) is 3.76. The summed E-state index contributed by atoms with van der Waals surface area (Å²) in [7, 11) is 0. The molecule has 1 amide bonds. The van der Waals surface area contributed by atoms with Crippen LogP contribution in [0.3, 0.4) is 0 Å². The lowest BCUT2D eigenvalue weighted by atomic mass is 9.97. The molecule has 0 fully saturated rings. The van der Waals surface area contributed by atoms with E-state index in [2.05, 4.69) is 10.3 Å². The molecule has 5 aromatic rings. The third-order valence-corrected chi connectivity index (χ3v) is 6.00. The van der Waals surface area contributed by atoms with Gasteiger partial charge in [0, 0.05) is 0 Å². The fourth-order valence-corrected chi connectivity index (χ4v) is 4.52.